The molecular formula is C21H16ClF3N6O. The van der Waals surface area contributed by atoms with E-state index in [1.807, 2.05) is 0 Å². The monoisotopic (exact) mass is 460 g/mol. The van der Waals surface area contributed by atoms with Crippen molar-refractivity contribution < 1.29 is 18.0 Å². The van der Waals surface area contributed by atoms with Gasteiger partial charge in [-0.1, -0.05) is 17.7 Å². The van der Waals surface area contributed by atoms with Crippen molar-refractivity contribution in [2.24, 2.45) is 0 Å². The Morgan fingerprint density at radius 1 is 1.19 bits per heavy atom. The summed E-state index contributed by atoms with van der Waals surface area (Å²) < 4.78 is 40.0. The summed E-state index contributed by atoms with van der Waals surface area (Å²) in [7, 11) is 0. The summed E-state index contributed by atoms with van der Waals surface area (Å²) in [4.78, 5) is 29.4. The Balaban J connectivity index is 1.55. The van der Waals surface area contributed by atoms with Crippen LogP contribution >= 0.6 is 11.6 Å². The topological polar surface area (TPSA) is 74.2 Å². The summed E-state index contributed by atoms with van der Waals surface area (Å²) >= 11 is 5.75. The highest BCUT2D eigenvalue weighted by Crippen LogP contribution is 2.41. The zero-order chi connectivity index (χ0) is 22.5. The van der Waals surface area contributed by atoms with Gasteiger partial charge in [0.05, 0.1) is 34.2 Å². The molecule has 1 N–H and O–H groups in total. The number of urea groups is 1. The predicted molar refractivity (Wildman–Crippen MR) is 114 cm³/mol. The number of nitrogens with zero attached hydrogens (tertiary/aromatic N) is 5. The van der Waals surface area contributed by atoms with Crippen molar-refractivity contribution in [3.63, 3.8) is 0 Å². The van der Waals surface area contributed by atoms with Crippen molar-refractivity contribution in [3.8, 4) is 11.3 Å². The van der Waals surface area contributed by atoms with E-state index < -0.39 is 17.8 Å². The van der Waals surface area contributed by atoms with E-state index >= 15 is 0 Å². The lowest BCUT2D eigenvalue weighted by Crippen LogP contribution is -2.48. The third-order valence-electron chi connectivity index (χ3n) is 5.54. The van der Waals surface area contributed by atoms with Crippen molar-refractivity contribution in [3.05, 3.63) is 59.5 Å². The summed E-state index contributed by atoms with van der Waals surface area (Å²) in [6.45, 7) is 1.41. The molecule has 11 heteroatoms. The number of pyridine rings is 1. The number of anilines is 3. The summed E-state index contributed by atoms with van der Waals surface area (Å²) in [6.07, 6.45) is 0.551. The minimum Gasteiger partial charge on any atom is -0.366 e. The maximum atomic E-state index is 13.3. The molecule has 0 saturated carbocycles. The molecule has 2 bridgehead atoms. The van der Waals surface area contributed by atoms with Crippen LogP contribution in [0.25, 0.3) is 11.3 Å². The van der Waals surface area contributed by atoms with Crippen molar-refractivity contribution in [1.82, 2.24) is 15.0 Å². The first-order valence-electron chi connectivity index (χ1n) is 9.80. The van der Waals surface area contributed by atoms with Gasteiger partial charge in [0.1, 0.15) is 0 Å². The number of fused-ring (bicyclic) bond motifs is 4. The normalized spacial score (nSPS) is 17.3. The van der Waals surface area contributed by atoms with Crippen LogP contribution in [0.5, 0.6) is 0 Å². The van der Waals surface area contributed by atoms with Gasteiger partial charge in [0.25, 0.3) is 0 Å². The van der Waals surface area contributed by atoms with Crippen molar-refractivity contribution in [1.29, 1.82) is 0 Å². The average Bonchev–Trinajstić information content (AvgIpc) is 3.18. The molecule has 0 unspecified atom stereocenters. The lowest BCUT2D eigenvalue weighted by Gasteiger charge is -2.35. The Morgan fingerprint density at radius 2 is 2.03 bits per heavy atom. The molecule has 164 valence electrons. The van der Waals surface area contributed by atoms with Crippen LogP contribution in [0.2, 0.25) is 5.02 Å². The first-order chi connectivity index (χ1) is 15.3. The number of carbonyl (C=O) groups is 1. The highest BCUT2D eigenvalue weighted by atomic mass is 35.5. The first-order valence-corrected chi connectivity index (χ1v) is 10.2. The van der Waals surface area contributed by atoms with Crippen molar-refractivity contribution in [2.45, 2.75) is 18.6 Å². The Labute approximate surface area is 185 Å². The molecule has 32 heavy (non-hydrogen) atoms. The number of amides is 2. The molecule has 3 aromatic rings. The molecule has 1 saturated heterocycles. The Kier molecular flexibility index (Phi) is 4.89. The van der Waals surface area contributed by atoms with Gasteiger partial charge in [-0.25, -0.2) is 14.8 Å². The molecular weight excluding hydrogens is 445 g/mol. The van der Waals surface area contributed by atoms with Gasteiger partial charge in [-0.3, -0.25) is 15.2 Å². The summed E-state index contributed by atoms with van der Waals surface area (Å²) in [6, 6.07) is 6.55. The van der Waals surface area contributed by atoms with Crippen LogP contribution in [0, 0.1) is 0 Å². The van der Waals surface area contributed by atoms with Gasteiger partial charge in [-0.2, -0.15) is 13.2 Å². The van der Waals surface area contributed by atoms with Gasteiger partial charge in [0.2, 0.25) is 0 Å². The Hall–Kier alpha value is -3.40. The maximum absolute atomic E-state index is 13.3. The van der Waals surface area contributed by atoms with Crippen molar-refractivity contribution in [2.75, 3.05) is 28.2 Å². The number of nitrogens with one attached hydrogen (secondary N) is 1. The molecule has 7 nitrogen and oxygen atoms in total. The summed E-state index contributed by atoms with van der Waals surface area (Å²) in [5.41, 5.74) is 0.386. The van der Waals surface area contributed by atoms with E-state index in [0.29, 0.717) is 23.9 Å². The second kappa shape index (κ2) is 7.63. The van der Waals surface area contributed by atoms with Crippen LogP contribution < -0.4 is 15.1 Å². The molecule has 2 amide bonds. The first kappa shape index (κ1) is 20.5. The molecule has 2 aliphatic rings. The average molecular weight is 461 g/mol. The van der Waals surface area contributed by atoms with Crippen molar-refractivity contribution >= 4 is 35.0 Å². The minimum atomic E-state index is -4.59. The number of alkyl halides is 3. The summed E-state index contributed by atoms with van der Waals surface area (Å²) in [5, 5.41) is 2.34. The lowest BCUT2D eigenvalue weighted by atomic mass is 10.1. The number of benzene rings is 1. The number of aromatic nitrogens is 3. The van der Waals surface area contributed by atoms with Gasteiger partial charge in [0.15, 0.2) is 11.6 Å². The molecule has 1 aromatic carbocycles. The quantitative estimate of drug-likeness (QED) is 0.592. The van der Waals surface area contributed by atoms with Crippen LogP contribution in [0.3, 0.4) is 0 Å². The standard InChI is InChI=1S/C21H16ClF3N6O/c22-15-2-1-12(9-14(15)21(23,24)25)16-3-4-17-19(28-16)31(13-5-8-30(17)11-13)20(32)29-18-10-26-6-7-27-18/h1-4,6-7,9-10,13H,5,8,11H2,(H,27,29,32)/t13-/m0/s1. The van der Waals surface area contributed by atoms with Gasteiger partial charge in [-0.05, 0) is 30.7 Å². The van der Waals surface area contributed by atoms with Crippen LogP contribution in [0.1, 0.15) is 12.0 Å². The van der Waals surface area contributed by atoms with Crippen LogP contribution in [-0.4, -0.2) is 40.1 Å². The third kappa shape index (κ3) is 3.60. The zero-order valence-electron chi connectivity index (χ0n) is 16.5. The Morgan fingerprint density at radius 3 is 2.78 bits per heavy atom. The van der Waals surface area contributed by atoms with Gasteiger partial charge in [0, 0.05) is 31.0 Å². The molecule has 1 fully saturated rings. The molecule has 0 radical (unpaired) electrons. The van der Waals surface area contributed by atoms with Crippen LogP contribution in [-0.2, 0) is 6.18 Å². The fraction of sp³-hybridized carbons (Fsp3) is 0.238. The highest BCUT2D eigenvalue weighted by Gasteiger charge is 2.40. The van der Waals surface area contributed by atoms with E-state index in [1.165, 1.54) is 30.7 Å². The minimum absolute atomic E-state index is 0.113. The van der Waals surface area contributed by atoms with E-state index in [0.717, 1.165) is 24.7 Å². The second-order valence-electron chi connectivity index (χ2n) is 7.51. The number of hydrogen-bond donors (Lipinski definition) is 1. The number of halogens is 4. The molecule has 5 rings (SSSR count). The van der Waals surface area contributed by atoms with E-state index in [-0.39, 0.29) is 16.6 Å². The summed E-state index contributed by atoms with van der Waals surface area (Å²) in [5.74, 6) is 0.685. The fourth-order valence-electron chi connectivity index (χ4n) is 4.07. The Bertz CT molecular complexity index is 1190. The highest BCUT2D eigenvalue weighted by molar-refractivity contribution is 6.31. The molecule has 4 heterocycles. The SMILES string of the molecule is O=C(Nc1cnccn1)N1c2nc(-c3ccc(Cl)c(C(F)(F)F)c3)ccc2N2CC[C@H]1C2. The number of rotatable bonds is 2. The molecule has 0 spiro atoms. The largest absolute Gasteiger partial charge is 0.417 e. The van der Waals surface area contributed by atoms with E-state index in [9.17, 15) is 18.0 Å². The molecule has 0 aliphatic carbocycles. The van der Waals surface area contributed by atoms with Gasteiger partial charge >= 0.3 is 12.2 Å². The third-order valence-corrected chi connectivity index (χ3v) is 5.87. The predicted octanol–water partition coefficient (Wildman–Crippen LogP) is 4.84. The van der Waals surface area contributed by atoms with Crippen LogP contribution in [0.15, 0.2) is 48.9 Å². The fourth-order valence-corrected chi connectivity index (χ4v) is 4.29. The van der Waals surface area contributed by atoms with E-state index in [1.54, 1.807) is 17.0 Å². The van der Waals surface area contributed by atoms with Crippen LogP contribution in [0.4, 0.5) is 35.3 Å². The number of hydrogen-bond acceptors (Lipinski definition) is 5. The van der Waals surface area contributed by atoms with Gasteiger partial charge < -0.3 is 4.90 Å². The van der Waals surface area contributed by atoms with E-state index in [4.69, 9.17) is 11.6 Å². The second-order valence-corrected chi connectivity index (χ2v) is 7.92. The van der Waals surface area contributed by atoms with E-state index in [2.05, 4.69) is 25.2 Å². The molecule has 1 atom stereocenters. The lowest BCUT2D eigenvalue weighted by molar-refractivity contribution is -0.137. The number of carbonyl (C=O) groups excluding carboxylic acids is 1. The van der Waals surface area contributed by atoms with Gasteiger partial charge in [-0.15, -0.1) is 0 Å². The molecule has 2 aliphatic heterocycles. The smallest absolute Gasteiger partial charge is 0.366 e. The maximum Gasteiger partial charge on any atom is 0.417 e. The zero-order valence-corrected chi connectivity index (χ0v) is 17.2. The molecule has 2 aromatic heterocycles.